The molecule has 1 N–H and O–H groups in total. The number of H-pyrrole nitrogens is 1. The number of hydrogen-bond acceptors (Lipinski definition) is 3. The largest absolute Gasteiger partial charge is 0.493 e. The summed E-state index contributed by atoms with van der Waals surface area (Å²) in [5, 5.41) is 8.20. The number of aromatic nitrogens is 2. The van der Waals surface area contributed by atoms with E-state index in [1.807, 2.05) is 23.1 Å². The second kappa shape index (κ2) is 9.96. The number of nitrogens with zero attached hydrogens (tertiary/aromatic N) is 2. The Morgan fingerprint density at radius 2 is 2.03 bits per heavy atom. The third-order valence-electron chi connectivity index (χ3n) is 5.59. The first-order chi connectivity index (χ1) is 15.1. The van der Waals surface area contributed by atoms with Crippen molar-refractivity contribution in [3.8, 4) is 5.75 Å². The van der Waals surface area contributed by atoms with Crippen LogP contribution in [0, 0.1) is 5.82 Å². The van der Waals surface area contributed by atoms with Crippen LogP contribution in [0.3, 0.4) is 0 Å². The highest BCUT2D eigenvalue weighted by Gasteiger charge is 2.28. The molecule has 2 aromatic carbocycles. The quantitative estimate of drug-likeness (QED) is 0.547. The number of halogens is 2. The maximum atomic E-state index is 13.0. The third kappa shape index (κ3) is 5.85. The average Bonchev–Trinajstić information content (AvgIpc) is 3.43. The van der Waals surface area contributed by atoms with Crippen molar-refractivity contribution in [2.24, 2.45) is 0 Å². The number of ether oxygens (including phenoxy) is 1. The number of hydrogen-bond donors (Lipinski definition) is 1. The minimum Gasteiger partial charge on any atom is -0.493 e. The van der Waals surface area contributed by atoms with E-state index in [-0.39, 0.29) is 17.6 Å². The van der Waals surface area contributed by atoms with Crippen molar-refractivity contribution in [2.45, 2.75) is 31.6 Å². The van der Waals surface area contributed by atoms with E-state index in [0.717, 1.165) is 35.7 Å². The van der Waals surface area contributed by atoms with Crippen LogP contribution in [-0.2, 0) is 17.6 Å². The number of aryl methyl sites for hydroxylation is 1. The zero-order valence-corrected chi connectivity index (χ0v) is 17.9. The summed E-state index contributed by atoms with van der Waals surface area (Å²) in [7, 11) is 0. The molecular weight excluding hydrogens is 417 g/mol. The lowest BCUT2D eigenvalue weighted by Gasteiger charge is -2.16. The van der Waals surface area contributed by atoms with E-state index >= 15 is 0 Å². The fraction of sp³-hybridized carbons (Fsp3) is 0.333. The summed E-state index contributed by atoms with van der Waals surface area (Å²) < 4.78 is 18.7. The number of amides is 1. The highest BCUT2D eigenvalue weighted by Crippen LogP contribution is 2.27. The van der Waals surface area contributed by atoms with E-state index in [9.17, 15) is 9.18 Å². The predicted octanol–water partition coefficient (Wildman–Crippen LogP) is 4.77. The van der Waals surface area contributed by atoms with Crippen LogP contribution >= 0.6 is 11.6 Å². The number of rotatable bonds is 8. The summed E-state index contributed by atoms with van der Waals surface area (Å²) in [5.41, 5.74) is 2.98. The normalized spacial score (nSPS) is 15.9. The fourth-order valence-corrected chi connectivity index (χ4v) is 4.02. The predicted molar refractivity (Wildman–Crippen MR) is 118 cm³/mol. The van der Waals surface area contributed by atoms with Crippen molar-refractivity contribution in [3.63, 3.8) is 0 Å². The van der Waals surface area contributed by atoms with Gasteiger partial charge in [-0.15, -0.1) is 0 Å². The van der Waals surface area contributed by atoms with E-state index < -0.39 is 0 Å². The molecule has 2 heterocycles. The van der Waals surface area contributed by atoms with Gasteiger partial charge in [0.25, 0.3) is 0 Å². The Labute approximate surface area is 186 Å². The minimum absolute atomic E-state index is 0.137. The average molecular weight is 442 g/mol. The Morgan fingerprint density at radius 1 is 1.19 bits per heavy atom. The van der Waals surface area contributed by atoms with E-state index in [1.165, 1.54) is 12.1 Å². The zero-order chi connectivity index (χ0) is 21.6. The van der Waals surface area contributed by atoms with Gasteiger partial charge in [0.05, 0.1) is 12.3 Å². The van der Waals surface area contributed by atoms with Gasteiger partial charge in [0.1, 0.15) is 11.6 Å². The molecule has 3 aromatic rings. The minimum atomic E-state index is -0.258. The molecular formula is C24H25ClFN3O2. The Morgan fingerprint density at radius 3 is 2.84 bits per heavy atom. The summed E-state index contributed by atoms with van der Waals surface area (Å²) >= 11 is 5.97. The summed E-state index contributed by atoms with van der Waals surface area (Å²) in [4.78, 5) is 14.5. The number of nitrogens with one attached hydrogen (secondary N) is 1. The molecule has 1 fully saturated rings. The molecule has 1 aliphatic heterocycles. The molecule has 31 heavy (non-hydrogen) atoms. The van der Waals surface area contributed by atoms with Gasteiger partial charge in [0.15, 0.2) is 0 Å². The first kappa shape index (κ1) is 21.4. The van der Waals surface area contributed by atoms with Crippen molar-refractivity contribution in [1.82, 2.24) is 15.1 Å². The molecule has 0 unspecified atom stereocenters. The molecule has 0 radical (unpaired) electrons. The van der Waals surface area contributed by atoms with Crippen LogP contribution in [0.15, 0.2) is 54.6 Å². The second-order valence-electron chi connectivity index (χ2n) is 7.83. The lowest BCUT2D eigenvalue weighted by molar-refractivity contribution is -0.130. The smallest absolute Gasteiger partial charge is 0.222 e. The number of carbonyl (C=O) groups is 1. The molecule has 1 aliphatic rings. The van der Waals surface area contributed by atoms with Gasteiger partial charge in [-0.3, -0.25) is 9.89 Å². The molecule has 0 spiro atoms. The van der Waals surface area contributed by atoms with Crippen LogP contribution in [-0.4, -0.2) is 40.7 Å². The highest BCUT2D eigenvalue weighted by atomic mass is 35.5. The number of aromatic amines is 1. The van der Waals surface area contributed by atoms with E-state index in [4.69, 9.17) is 16.3 Å². The van der Waals surface area contributed by atoms with Gasteiger partial charge in [0.2, 0.25) is 5.91 Å². The Kier molecular flexibility index (Phi) is 6.87. The van der Waals surface area contributed by atoms with Crippen molar-refractivity contribution < 1.29 is 13.9 Å². The third-order valence-corrected chi connectivity index (χ3v) is 5.82. The molecule has 162 valence electrons. The summed E-state index contributed by atoms with van der Waals surface area (Å²) in [6, 6.07) is 15.7. The van der Waals surface area contributed by atoms with Gasteiger partial charge in [-0.25, -0.2) is 4.39 Å². The monoisotopic (exact) mass is 441 g/mol. The summed E-state index contributed by atoms with van der Waals surface area (Å²) in [6.45, 7) is 1.96. The second-order valence-corrected chi connectivity index (χ2v) is 8.26. The molecule has 0 aliphatic carbocycles. The van der Waals surface area contributed by atoms with Gasteiger partial charge < -0.3 is 9.64 Å². The van der Waals surface area contributed by atoms with Crippen molar-refractivity contribution in [3.05, 3.63) is 82.4 Å². The molecule has 1 aromatic heterocycles. The molecule has 1 atom stereocenters. The highest BCUT2D eigenvalue weighted by molar-refractivity contribution is 6.30. The Bertz CT molecular complexity index is 1020. The van der Waals surface area contributed by atoms with Gasteiger partial charge in [-0.05, 0) is 54.8 Å². The lowest BCUT2D eigenvalue weighted by atomic mass is 10.0. The standard InChI is InChI=1S/C24H25ClFN3O2/c25-19-2-1-3-22(14-19)31-13-11-21-15-23(28-27-21)18-10-12-29(16-18)24(30)9-6-17-4-7-20(26)8-5-17/h1-5,7-8,14-15,18H,6,9-13,16H2,(H,27,28)/t18-/m1/s1. The van der Waals surface area contributed by atoms with Crippen LogP contribution in [0.25, 0.3) is 0 Å². The zero-order valence-electron chi connectivity index (χ0n) is 17.2. The van der Waals surface area contributed by atoms with Crippen molar-refractivity contribution >= 4 is 17.5 Å². The summed E-state index contributed by atoms with van der Waals surface area (Å²) in [5.74, 6) is 0.871. The molecule has 1 amide bonds. The van der Waals surface area contributed by atoms with Crippen LogP contribution in [0.1, 0.15) is 35.7 Å². The number of benzene rings is 2. The number of likely N-dealkylation sites (tertiary alicyclic amines) is 1. The first-order valence-electron chi connectivity index (χ1n) is 10.5. The topological polar surface area (TPSA) is 58.2 Å². The maximum Gasteiger partial charge on any atom is 0.222 e. The van der Waals surface area contributed by atoms with Gasteiger partial charge in [0, 0.05) is 42.6 Å². The van der Waals surface area contributed by atoms with E-state index in [1.54, 1.807) is 18.2 Å². The number of carbonyl (C=O) groups excluding carboxylic acids is 1. The van der Waals surface area contributed by atoms with Gasteiger partial charge in [-0.2, -0.15) is 5.10 Å². The molecule has 1 saturated heterocycles. The Balaban J connectivity index is 1.23. The lowest BCUT2D eigenvalue weighted by Crippen LogP contribution is -2.28. The molecule has 4 rings (SSSR count). The first-order valence-corrected chi connectivity index (χ1v) is 10.9. The van der Waals surface area contributed by atoms with E-state index in [0.29, 0.717) is 37.4 Å². The molecule has 0 bridgehead atoms. The van der Waals surface area contributed by atoms with E-state index in [2.05, 4.69) is 16.3 Å². The summed E-state index contributed by atoms with van der Waals surface area (Å²) in [6.07, 6.45) is 2.68. The molecule has 0 saturated carbocycles. The Hall–Kier alpha value is -2.86. The molecule has 7 heteroatoms. The van der Waals surface area contributed by atoms with Crippen LogP contribution < -0.4 is 4.74 Å². The SMILES string of the molecule is O=C(CCc1ccc(F)cc1)N1CC[C@@H](c2cc(CCOc3cccc(Cl)c3)[nH]n2)C1. The van der Waals surface area contributed by atoms with Gasteiger partial charge in [-0.1, -0.05) is 29.8 Å². The van der Waals surface area contributed by atoms with Crippen molar-refractivity contribution in [1.29, 1.82) is 0 Å². The van der Waals surface area contributed by atoms with Crippen LogP contribution in [0.2, 0.25) is 5.02 Å². The van der Waals surface area contributed by atoms with Crippen molar-refractivity contribution in [2.75, 3.05) is 19.7 Å². The fourth-order valence-electron chi connectivity index (χ4n) is 3.84. The molecule has 5 nitrogen and oxygen atoms in total. The van der Waals surface area contributed by atoms with Gasteiger partial charge >= 0.3 is 0 Å². The maximum absolute atomic E-state index is 13.0. The van der Waals surface area contributed by atoms with Crippen LogP contribution in [0.5, 0.6) is 5.75 Å². The van der Waals surface area contributed by atoms with Crippen LogP contribution in [0.4, 0.5) is 4.39 Å².